The Morgan fingerprint density at radius 2 is 1.11 bits per heavy atom. The zero-order chi connectivity index (χ0) is 37.2. The Balaban J connectivity index is 7.00. The summed E-state index contributed by atoms with van der Waals surface area (Å²) < 4.78 is 252. The van der Waals surface area contributed by atoms with Gasteiger partial charge in [-0.3, -0.25) is 0 Å². The molecule has 0 rings (SSSR count). The minimum absolute atomic E-state index is 0.114. The van der Waals surface area contributed by atoms with Gasteiger partial charge in [-0.25, -0.2) is 8.78 Å². The van der Waals surface area contributed by atoms with Crippen molar-refractivity contribution in [3.8, 4) is 12.3 Å². The van der Waals surface area contributed by atoms with Crippen molar-refractivity contribution in [1.82, 2.24) is 0 Å². The van der Waals surface area contributed by atoms with Crippen LogP contribution in [0.25, 0.3) is 0 Å². The normalized spacial score (nSPS) is 20.9. The van der Waals surface area contributed by atoms with Gasteiger partial charge in [0.15, 0.2) is 9.04 Å². The van der Waals surface area contributed by atoms with Crippen molar-refractivity contribution in [2.75, 3.05) is 6.61 Å². The minimum atomic E-state index is -7.40. The van der Waals surface area contributed by atoms with Crippen LogP contribution < -0.4 is 0 Å². The van der Waals surface area contributed by atoms with Crippen LogP contribution in [-0.2, 0) is 13.9 Å². The summed E-state index contributed by atoms with van der Waals surface area (Å²) in [5.41, 5.74) is -21.3. The monoisotopic (exact) mass is 732 g/mol. The summed E-state index contributed by atoms with van der Waals surface area (Å²) in [6.45, 7) is 2.47. The van der Waals surface area contributed by atoms with E-state index in [0.29, 0.717) is 6.92 Å². The molecule has 0 aliphatic heterocycles. The second-order valence-corrected chi connectivity index (χ2v) is 13.5. The largest absolute Gasteiger partial charge is 0.462 e. The van der Waals surface area contributed by atoms with Crippen molar-refractivity contribution in [2.24, 2.45) is 5.92 Å². The molecule has 0 N–H and O–H groups in total. The molecule has 0 aliphatic carbocycles. The molecule has 3 nitrogen and oxygen atoms in total. The molecule has 0 radical (unpaired) electrons. The van der Waals surface area contributed by atoms with Crippen molar-refractivity contribution in [3.05, 3.63) is 0 Å². The standard InChI is InChI=1S/C25H33F17O3Si/c1-8-15(4)11-13-43-46(7)14-12-18(26,21(30,31)32)16(5,9-2)44-24(39,40)19(27,22(33,34)35)17(6,10-3)45-25(41,42)20(28,29)23(36,37)38/h1,15,46H,9-14H2,2-7H3. The number of alkyl halides is 17. The van der Waals surface area contributed by atoms with Crippen LogP contribution in [-0.4, -0.2) is 74.9 Å². The predicted molar refractivity (Wildman–Crippen MR) is 131 cm³/mol. The van der Waals surface area contributed by atoms with E-state index >= 15 is 17.6 Å². The Morgan fingerprint density at radius 1 is 0.674 bits per heavy atom. The second kappa shape index (κ2) is 14.1. The lowest BCUT2D eigenvalue weighted by atomic mass is 9.78. The summed E-state index contributed by atoms with van der Waals surface area (Å²) in [4.78, 5) is 0. The summed E-state index contributed by atoms with van der Waals surface area (Å²) >= 11 is 0. The first kappa shape index (κ1) is 44.5. The lowest BCUT2D eigenvalue weighted by Gasteiger charge is -2.51. The number of terminal acetylenes is 1. The smallest absolute Gasteiger partial charge is 0.420 e. The van der Waals surface area contributed by atoms with Crippen LogP contribution in [0.4, 0.5) is 74.6 Å². The van der Waals surface area contributed by atoms with Crippen molar-refractivity contribution in [3.63, 3.8) is 0 Å². The molecule has 0 spiro atoms. The van der Waals surface area contributed by atoms with Crippen LogP contribution in [0.1, 0.15) is 60.3 Å². The zero-order valence-corrected chi connectivity index (χ0v) is 26.3. The van der Waals surface area contributed by atoms with Gasteiger partial charge in [0.1, 0.15) is 11.2 Å². The topological polar surface area (TPSA) is 27.7 Å². The number of hydrogen-bond acceptors (Lipinski definition) is 3. The Hall–Kier alpha value is -1.53. The van der Waals surface area contributed by atoms with E-state index in [1.807, 2.05) is 0 Å². The molecule has 46 heavy (non-hydrogen) atoms. The van der Waals surface area contributed by atoms with Gasteiger partial charge in [-0.1, -0.05) is 20.8 Å². The summed E-state index contributed by atoms with van der Waals surface area (Å²) in [6.07, 6.45) is -35.1. The molecule has 0 heterocycles. The third kappa shape index (κ3) is 8.36. The predicted octanol–water partition coefficient (Wildman–Crippen LogP) is 9.70. The Bertz CT molecular complexity index is 1040. The fourth-order valence-corrected chi connectivity index (χ4v) is 5.69. The first-order valence-electron chi connectivity index (χ1n) is 13.3. The maximum Gasteiger partial charge on any atom is 0.462 e. The van der Waals surface area contributed by atoms with E-state index < -0.39 is 100 Å². The van der Waals surface area contributed by atoms with Crippen molar-refractivity contribution < 1.29 is 88.5 Å². The zero-order valence-electron chi connectivity index (χ0n) is 25.1. The van der Waals surface area contributed by atoms with Gasteiger partial charge in [-0.15, -0.1) is 12.3 Å². The molecule has 0 aliphatic rings. The van der Waals surface area contributed by atoms with Crippen molar-refractivity contribution >= 4 is 9.04 Å². The van der Waals surface area contributed by atoms with Gasteiger partial charge in [0.05, 0.1) is 0 Å². The average molecular weight is 733 g/mol. The third-order valence-electron chi connectivity index (χ3n) is 7.72. The highest BCUT2D eigenvalue weighted by Crippen LogP contribution is 2.60. The van der Waals surface area contributed by atoms with Crippen molar-refractivity contribution in [2.45, 2.75) is 132 Å². The molecule has 0 saturated carbocycles. The summed E-state index contributed by atoms with van der Waals surface area (Å²) in [6, 6.07) is -0.834. The fraction of sp³-hybridized carbons (Fsp3) is 0.920. The third-order valence-corrected chi connectivity index (χ3v) is 9.63. The van der Waals surface area contributed by atoms with Gasteiger partial charge in [0, 0.05) is 12.5 Å². The van der Waals surface area contributed by atoms with Gasteiger partial charge in [-0.05, 0) is 52.1 Å². The van der Waals surface area contributed by atoms with Gasteiger partial charge < -0.3 is 13.9 Å². The van der Waals surface area contributed by atoms with E-state index in [-0.39, 0.29) is 32.8 Å². The van der Waals surface area contributed by atoms with Crippen LogP contribution in [0, 0.1) is 18.3 Å². The highest BCUT2D eigenvalue weighted by Gasteiger charge is 2.85. The molecular weight excluding hydrogens is 699 g/mol. The molecule has 0 aromatic heterocycles. The van der Waals surface area contributed by atoms with Crippen LogP contribution in [0.15, 0.2) is 0 Å². The molecule has 6 unspecified atom stereocenters. The lowest BCUT2D eigenvalue weighted by molar-refractivity contribution is -0.492. The molecule has 0 fully saturated rings. The Kier molecular flexibility index (Phi) is 13.7. The minimum Gasteiger partial charge on any atom is -0.420 e. The summed E-state index contributed by atoms with van der Waals surface area (Å²) in [5, 5.41) is 0. The number of hydrogen-bond donors (Lipinski definition) is 0. The number of rotatable bonds is 17. The highest BCUT2D eigenvalue weighted by atomic mass is 28.3. The molecular formula is C25H33F17O3Si. The van der Waals surface area contributed by atoms with Gasteiger partial charge in [-0.2, -0.15) is 65.9 Å². The van der Waals surface area contributed by atoms with Crippen LogP contribution in [0.2, 0.25) is 12.6 Å². The average Bonchev–Trinajstić information content (AvgIpc) is 2.87. The molecule has 0 amide bonds. The van der Waals surface area contributed by atoms with E-state index in [0.717, 1.165) is 0 Å². The van der Waals surface area contributed by atoms with E-state index in [2.05, 4.69) is 15.4 Å². The van der Waals surface area contributed by atoms with E-state index in [1.54, 1.807) is 6.92 Å². The number of halogens is 17. The molecule has 0 aromatic rings. The van der Waals surface area contributed by atoms with Gasteiger partial charge >= 0.3 is 42.3 Å². The number of ether oxygens (including phenoxy) is 2. The summed E-state index contributed by atoms with van der Waals surface area (Å²) in [7, 11) is -2.80. The quantitative estimate of drug-likeness (QED) is 0.0848. The van der Waals surface area contributed by atoms with Crippen molar-refractivity contribution in [1.29, 1.82) is 0 Å². The van der Waals surface area contributed by atoms with Crippen LogP contribution in [0.3, 0.4) is 0 Å². The molecule has 0 saturated heterocycles. The maximum absolute atomic E-state index is 15.9. The molecule has 6 atom stereocenters. The molecule has 21 heteroatoms. The second-order valence-electron chi connectivity index (χ2n) is 11.0. The first-order valence-corrected chi connectivity index (χ1v) is 15.8. The van der Waals surface area contributed by atoms with E-state index in [1.165, 1.54) is 6.55 Å². The Labute approximate surface area is 255 Å². The SMILES string of the molecule is C#CC(C)CCO[SiH](C)CCC(F)(C(F)(F)F)C(C)(CC)OC(F)(F)C(F)(C(F)(F)F)C(C)(CC)OC(F)(F)C(F)(F)C(F)(F)F. The maximum atomic E-state index is 15.9. The molecule has 274 valence electrons. The van der Waals surface area contributed by atoms with E-state index in [9.17, 15) is 57.1 Å². The van der Waals surface area contributed by atoms with E-state index in [4.69, 9.17) is 10.8 Å². The first-order chi connectivity index (χ1) is 20.1. The lowest BCUT2D eigenvalue weighted by Crippen LogP contribution is -2.74. The summed E-state index contributed by atoms with van der Waals surface area (Å²) in [5.74, 6) is -5.43. The fourth-order valence-electron chi connectivity index (χ4n) is 4.18. The molecule has 0 bridgehead atoms. The van der Waals surface area contributed by atoms with Crippen LogP contribution in [0.5, 0.6) is 0 Å². The Morgan fingerprint density at radius 3 is 1.46 bits per heavy atom. The van der Waals surface area contributed by atoms with Gasteiger partial charge in [0.25, 0.3) is 0 Å². The van der Waals surface area contributed by atoms with Crippen LogP contribution >= 0.6 is 0 Å². The molecule has 0 aromatic carbocycles. The highest BCUT2D eigenvalue weighted by molar-refractivity contribution is 6.50. The van der Waals surface area contributed by atoms with Gasteiger partial charge in [0.2, 0.25) is 5.67 Å².